The Labute approximate surface area is 152 Å². The fourth-order valence-corrected chi connectivity index (χ4v) is 3.85. The van der Waals surface area contributed by atoms with Crippen molar-refractivity contribution >= 4 is 21.6 Å². The zero-order chi connectivity index (χ0) is 18.7. The molecule has 1 aromatic carbocycles. The Hall–Kier alpha value is -2.93. The highest BCUT2D eigenvalue weighted by Gasteiger charge is 2.24. The quantitative estimate of drug-likeness (QED) is 0.747. The predicted molar refractivity (Wildman–Crippen MR) is 101 cm³/mol. The molecule has 1 amide bonds. The Morgan fingerprint density at radius 2 is 1.85 bits per heavy atom. The largest absolute Gasteiger partial charge is 0.319 e. The minimum atomic E-state index is -3.63. The molecule has 3 aromatic rings. The number of carbonyl (C=O) groups excluding carboxylic acids is 1. The molecule has 1 N–H and O–H groups in total. The van der Waals surface area contributed by atoms with E-state index in [-0.39, 0.29) is 5.69 Å². The van der Waals surface area contributed by atoms with Gasteiger partial charge in [0, 0.05) is 18.6 Å². The van der Waals surface area contributed by atoms with E-state index in [1.807, 2.05) is 31.2 Å². The van der Waals surface area contributed by atoms with Crippen LogP contribution >= 0.6 is 0 Å². The molecule has 2 heterocycles. The van der Waals surface area contributed by atoms with Gasteiger partial charge in [0.25, 0.3) is 5.91 Å². The van der Waals surface area contributed by atoms with Crippen LogP contribution in [0.25, 0.3) is 0 Å². The van der Waals surface area contributed by atoms with E-state index in [2.05, 4.69) is 10.3 Å². The van der Waals surface area contributed by atoms with Gasteiger partial charge in [-0.15, -0.1) is 0 Å². The summed E-state index contributed by atoms with van der Waals surface area (Å²) in [5, 5.41) is 1.94. The van der Waals surface area contributed by atoms with E-state index < -0.39 is 21.2 Å². The number of hydrogen-bond acceptors (Lipinski definition) is 4. The number of aryl methyl sites for hydroxylation is 1. The second-order valence-corrected chi connectivity index (χ2v) is 8.16. The molecule has 7 heteroatoms. The number of nitrogens with one attached hydrogen (secondary N) is 1. The van der Waals surface area contributed by atoms with Crippen molar-refractivity contribution in [3.8, 4) is 0 Å². The molecule has 1 unspecified atom stereocenters. The summed E-state index contributed by atoms with van der Waals surface area (Å²) < 4.78 is 26.8. The zero-order valence-electron chi connectivity index (χ0n) is 14.5. The number of anilines is 1. The first-order chi connectivity index (χ1) is 12.4. The van der Waals surface area contributed by atoms with Crippen LogP contribution in [0, 0.1) is 6.92 Å². The van der Waals surface area contributed by atoms with Gasteiger partial charge in [0.1, 0.15) is 10.9 Å². The van der Waals surface area contributed by atoms with Gasteiger partial charge in [-0.1, -0.05) is 35.9 Å². The lowest BCUT2D eigenvalue weighted by Gasteiger charge is -2.14. The molecule has 0 aliphatic carbocycles. The molecule has 3 rings (SSSR count). The van der Waals surface area contributed by atoms with Crippen molar-refractivity contribution in [2.45, 2.75) is 19.1 Å². The van der Waals surface area contributed by atoms with Gasteiger partial charge in [0.2, 0.25) is 10.0 Å². The maximum atomic E-state index is 12.8. The lowest BCUT2D eigenvalue weighted by atomic mass is 10.1. The van der Waals surface area contributed by atoms with Gasteiger partial charge in [0.05, 0.1) is 5.69 Å². The maximum Gasteiger partial charge on any atom is 0.274 e. The van der Waals surface area contributed by atoms with Crippen molar-refractivity contribution in [2.75, 3.05) is 5.32 Å². The van der Waals surface area contributed by atoms with Crippen molar-refractivity contribution < 1.29 is 13.2 Å². The van der Waals surface area contributed by atoms with E-state index >= 15 is 0 Å². The fraction of sp³-hybridized carbons (Fsp3) is 0.158. The highest BCUT2D eigenvalue weighted by Crippen LogP contribution is 2.25. The molecule has 0 aliphatic rings. The normalized spacial score (nSPS) is 12.5. The SMILES string of the molecule is Cc1ccc(C(C)S(=O)(=O)n2ccc(NC(=O)c3ccccn3)c2)cc1. The minimum Gasteiger partial charge on any atom is -0.319 e. The average molecular weight is 369 g/mol. The number of benzene rings is 1. The van der Waals surface area contributed by atoms with Gasteiger partial charge in [-0.25, -0.2) is 8.42 Å². The van der Waals surface area contributed by atoms with Gasteiger partial charge >= 0.3 is 0 Å². The van der Waals surface area contributed by atoms with Crippen LogP contribution in [-0.4, -0.2) is 23.3 Å². The Morgan fingerprint density at radius 3 is 2.50 bits per heavy atom. The van der Waals surface area contributed by atoms with E-state index in [0.29, 0.717) is 11.3 Å². The molecule has 0 fully saturated rings. The van der Waals surface area contributed by atoms with Crippen LogP contribution in [0.5, 0.6) is 0 Å². The van der Waals surface area contributed by atoms with Crippen LogP contribution in [0.2, 0.25) is 0 Å². The third-order valence-corrected chi connectivity index (χ3v) is 6.09. The Balaban J connectivity index is 1.79. The number of amides is 1. The number of aromatic nitrogens is 2. The first-order valence-electron chi connectivity index (χ1n) is 8.09. The van der Waals surface area contributed by atoms with E-state index in [1.165, 1.54) is 18.6 Å². The predicted octanol–water partition coefficient (Wildman–Crippen LogP) is 3.38. The second kappa shape index (κ2) is 7.13. The Morgan fingerprint density at radius 1 is 1.12 bits per heavy atom. The van der Waals surface area contributed by atoms with Crippen molar-refractivity contribution in [3.05, 3.63) is 83.9 Å². The summed E-state index contributed by atoms with van der Waals surface area (Å²) in [7, 11) is -3.63. The maximum absolute atomic E-state index is 12.8. The Bertz CT molecular complexity index is 1010. The third-order valence-electron chi connectivity index (χ3n) is 4.11. The summed E-state index contributed by atoms with van der Waals surface area (Å²) >= 11 is 0. The van der Waals surface area contributed by atoms with E-state index in [1.54, 1.807) is 31.2 Å². The number of pyridine rings is 1. The average Bonchev–Trinajstić information content (AvgIpc) is 3.12. The first kappa shape index (κ1) is 17.9. The first-order valence-corrected chi connectivity index (χ1v) is 9.59. The fourth-order valence-electron chi connectivity index (χ4n) is 2.49. The lowest BCUT2D eigenvalue weighted by Crippen LogP contribution is -2.18. The molecular formula is C19H19N3O3S. The van der Waals surface area contributed by atoms with Crippen LogP contribution in [0.3, 0.4) is 0 Å². The molecule has 2 aromatic heterocycles. The number of carbonyl (C=O) groups is 1. The molecule has 0 radical (unpaired) electrons. The van der Waals surface area contributed by atoms with Crippen molar-refractivity contribution in [1.82, 2.24) is 8.96 Å². The van der Waals surface area contributed by atoms with Crippen LogP contribution < -0.4 is 5.32 Å². The molecule has 26 heavy (non-hydrogen) atoms. The second-order valence-electron chi connectivity index (χ2n) is 6.00. The van der Waals surface area contributed by atoms with Gasteiger partial charge < -0.3 is 5.32 Å². The number of rotatable bonds is 5. The summed E-state index contributed by atoms with van der Waals surface area (Å²) in [6.45, 7) is 3.59. The standard InChI is InChI=1S/C19H19N3O3S/c1-14-6-8-16(9-7-14)15(2)26(24,25)22-12-10-17(13-22)21-19(23)18-5-3-4-11-20-18/h3-13,15H,1-2H3,(H,21,23). The number of nitrogens with zero attached hydrogens (tertiary/aromatic N) is 2. The summed E-state index contributed by atoms with van der Waals surface area (Å²) in [6.07, 6.45) is 4.34. The highest BCUT2D eigenvalue weighted by atomic mass is 32.2. The van der Waals surface area contributed by atoms with E-state index in [0.717, 1.165) is 9.54 Å². The molecular weight excluding hydrogens is 350 g/mol. The summed E-state index contributed by atoms with van der Waals surface area (Å²) in [6, 6.07) is 13.9. The summed E-state index contributed by atoms with van der Waals surface area (Å²) in [4.78, 5) is 16.1. The molecule has 0 saturated heterocycles. The van der Waals surface area contributed by atoms with Crippen molar-refractivity contribution in [2.24, 2.45) is 0 Å². The van der Waals surface area contributed by atoms with Crippen LogP contribution in [-0.2, 0) is 10.0 Å². The van der Waals surface area contributed by atoms with Gasteiger partial charge in [0.15, 0.2) is 0 Å². The van der Waals surface area contributed by atoms with Crippen LogP contribution in [0.1, 0.15) is 33.8 Å². The van der Waals surface area contributed by atoms with Crippen LogP contribution in [0.15, 0.2) is 67.1 Å². The molecule has 0 spiro atoms. The monoisotopic (exact) mass is 369 g/mol. The third kappa shape index (κ3) is 3.67. The van der Waals surface area contributed by atoms with Crippen molar-refractivity contribution in [3.63, 3.8) is 0 Å². The topological polar surface area (TPSA) is 81.1 Å². The van der Waals surface area contributed by atoms with Crippen molar-refractivity contribution in [1.29, 1.82) is 0 Å². The molecule has 6 nitrogen and oxygen atoms in total. The van der Waals surface area contributed by atoms with Gasteiger partial charge in [-0.05, 0) is 37.6 Å². The number of hydrogen-bond donors (Lipinski definition) is 1. The summed E-state index contributed by atoms with van der Waals surface area (Å²) in [5.74, 6) is -0.396. The summed E-state index contributed by atoms with van der Waals surface area (Å²) in [5.41, 5.74) is 2.43. The van der Waals surface area contributed by atoms with Gasteiger partial charge in [-0.3, -0.25) is 13.8 Å². The van der Waals surface area contributed by atoms with E-state index in [9.17, 15) is 13.2 Å². The lowest BCUT2D eigenvalue weighted by molar-refractivity contribution is 0.102. The molecule has 0 saturated carbocycles. The highest BCUT2D eigenvalue weighted by molar-refractivity contribution is 7.90. The smallest absolute Gasteiger partial charge is 0.274 e. The zero-order valence-corrected chi connectivity index (χ0v) is 15.3. The molecule has 0 aliphatic heterocycles. The minimum absolute atomic E-state index is 0.260. The van der Waals surface area contributed by atoms with E-state index in [4.69, 9.17) is 0 Å². The van der Waals surface area contributed by atoms with Gasteiger partial charge in [-0.2, -0.15) is 0 Å². The van der Waals surface area contributed by atoms with Crippen LogP contribution in [0.4, 0.5) is 5.69 Å². The molecule has 1 atom stereocenters. The Kier molecular flexibility index (Phi) is 4.90. The molecule has 0 bridgehead atoms. The molecule has 134 valence electrons.